The number of aromatic nitrogens is 9. The molecule has 0 N–H and O–H groups in total. The van der Waals surface area contributed by atoms with Gasteiger partial charge in [-0.3, -0.25) is 29.9 Å². The summed E-state index contributed by atoms with van der Waals surface area (Å²) in [5.41, 5.74) is 9.79. The highest BCUT2D eigenvalue weighted by molar-refractivity contribution is 6.13. The first-order valence-electron chi connectivity index (χ1n) is 16.7. The average Bonchev–Trinajstić information content (AvgIpc) is 3.22. The van der Waals surface area contributed by atoms with Gasteiger partial charge in [0.2, 0.25) is 0 Å². The summed E-state index contributed by atoms with van der Waals surface area (Å²) in [6.07, 6.45) is 14.3. The van der Waals surface area contributed by atoms with Crippen molar-refractivity contribution in [2.24, 2.45) is 0 Å². The van der Waals surface area contributed by atoms with Gasteiger partial charge in [0.25, 0.3) is 0 Å². The van der Waals surface area contributed by atoms with Crippen molar-refractivity contribution in [1.82, 2.24) is 44.9 Å². The van der Waals surface area contributed by atoms with Gasteiger partial charge in [-0.25, -0.2) is 15.0 Å². The lowest BCUT2D eigenvalue weighted by Gasteiger charge is -2.16. The van der Waals surface area contributed by atoms with Gasteiger partial charge in [0, 0.05) is 98.9 Å². The third-order valence-electron chi connectivity index (χ3n) is 9.23. The van der Waals surface area contributed by atoms with E-state index in [9.17, 15) is 0 Å². The van der Waals surface area contributed by atoms with E-state index in [1.807, 2.05) is 73.3 Å². The summed E-state index contributed by atoms with van der Waals surface area (Å²) in [5.74, 6) is 1.59. The van der Waals surface area contributed by atoms with Crippen LogP contribution in [0.2, 0.25) is 0 Å². The topological polar surface area (TPSA) is 116 Å². The minimum absolute atomic E-state index is 0.517. The Morgan fingerprint density at radius 3 is 1.21 bits per heavy atom. The zero-order chi connectivity index (χ0) is 34.4. The van der Waals surface area contributed by atoms with Gasteiger partial charge in [-0.15, -0.1) is 0 Å². The number of hydrogen-bond donors (Lipinski definition) is 0. The molecule has 0 amide bonds. The molecule has 52 heavy (non-hydrogen) atoms. The van der Waals surface area contributed by atoms with Crippen molar-refractivity contribution in [2.75, 3.05) is 0 Å². The molecule has 0 fully saturated rings. The van der Waals surface area contributed by atoms with Crippen LogP contribution < -0.4 is 0 Å². The van der Waals surface area contributed by atoms with Crippen molar-refractivity contribution in [1.29, 1.82) is 0 Å². The van der Waals surface area contributed by atoms with Crippen molar-refractivity contribution >= 4 is 43.6 Å². The minimum atomic E-state index is 0.517. The summed E-state index contributed by atoms with van der Waals surface area (Å²) in [5, 5.41) is 3.98. The zero-order valence-corrected chi connectivity index (χ0v) is 27.5. The maximum absolute atomic E-state index is 5.10. The van der Waals surface area contributed by atoms with Crippen LogP contribution in [-0.4, -0.2) is 44.9 Å². The van der Waals surface area contributed by atoms with Crippen LogP contribution in [-0.2, 0) is 0 Å². The van der Waals surface area contributed by atoms with E-state index in [1.54, 1.807) is 24.8 Å². The van der Waals surface area contributed by atoms with E-state index in [2.05, 4.69) is 64.6 Å². The molecule has 0 atom stereocenters. The first-order valence-corrected chi connectivity index (χ1v) is 16.7. The van der Waals surface area contributed by atoms with Crippen LogP contribution in [0.4, 0.5) is 0 Å². The smallest absolute Gasteiger partial charge is 0.164 e. The average molecular weight is 668 g/mol. The largest absolute Gasteiger partial charge is 0.265 e. The monoisotopic (exact) mass is 667 g/mol. The minimum Gasteiger partial charge on any atom is -0.265 e. The van der Waals surface area contributed by atoms with E-state index in [4.69, 9.17) is 34.9 Å². The fourth-order valence-corrected chi connectivity index (χ4v) is 6.92. The third kappa shape index (κ3) is 5.07. The molecule has 9 nitrogen and oxygen atoms in total. The normalized spacial score (nSPS) is 11.5. The van der Waals surface area contributed by atoms with Crippen molar-refractivity contribution in [3.8, 4) is 56.4 Å². The van der Waals surface area contributed by atoms with E-state index in [-0.39, 0.29) is 0 Å². The predicted molar refractivity (Wildman–Crippen MR) is 204 cm³/mol. The molecule has 0 unspecified atom stereocenters. The first kappa shape index (κ1) is 29.5. The first-order chi connectivity index (χ1) is 25.8. The molecule has 242 valence electrons. The summed E-state index contributed by atoms with van der Waals surface area (Å²) in [6, 6.07) is 34.5. The lowest BCUT2D eigenvalue weighted by molar-refractivity contribution is 1.07. The van der Waals surface area contributed by atoms with Crippen LogP contribution in [0.5, 0.6) is 0 Å². The second-order valence-corrected chi connectivity index (χ2v) is 12.4. The van der Waals surface area contributed by atoms with E-state index in [1.165, 1.54) is 0 Å². The van der Waals surface area contributed by atoms with Gasteiger partial charge >= 0.3 is 0 Å². The van der Waals surface area contributed by atoms with Gasteiger partial charge in [-0.1, -0.05) is 24.3 Å². The van der Waals surface area contributed by atoms with Gasteiger partial charge in [0.1, 0.15) is 0 Å². The van der Waals surface area contributed by atoms with E-state index < -0.39 is 0 Å². The number of pyridine rings is 6. The molecule has 9 heteroatoms. The van der Waals surface area contributed by atoms with Crippen LogP contribution in [0.15, 0.2) is 153 Å². The molecule has 10 aromatic rings. The van der Waals surface area contributed by atoms with Crippen molar-refractivity contribution in [2.45, 2.75) is 0 Å². The Kier molecular flexibility index (Phi) is 6.92. The van der Waals surface area contributed by atoms with E-state index >= 15 is 0 Å². The summed E-state index contributed by atoms with van der Waals surface area (Å²) in [6.45, 7) is 0. The van der Waals surface area contributed by atoms with Crippen LogP contribution in [0.25, 0.3) is 100 Å². The molecule has 0 bridgehead atoms. The Morgan fingerprint density at radius 1 is 0.327 bits per heavy atom. The van der Waals surface area contributed by atoms with Crippen LogP contribution >= 0.6 is 0 Å². The lowest BCUT2D eigenvalue weighted by Crippen LogP contribution is -2.01. The second-order valence-electron chi connectivity index (χ2n) is 12.4. The number of benzene rings is 3. The van der Waals surface area contributed by atoms with Gasteiger partial charge in [-0.2, -0.15) is 0 Å². The molecule has 0 spiro atoms. The fourth-order valence-electron chi connectivity index (χ4n) is 6.92. The van der Waals surface area contributed by atoms with Crippen LogP contribution in [0, 0.1) is 0 Å². The van der Waals surface area contributed by atoms with Crippen molar-refractivity contribution < 1.29 is 0 Å². The maximum atomic E-state index is 5.10. The lowest BCUT2D eigenvalue weighted by atomic mass is 9.90. The number of fused-ring (bicyclic) bond motifs is 4. The molecule has 0 aliphatic carbocycles. The van der Waals surface area contributed by atoms with Crippen molar-refractivity contribution in [3.63, 3.8) is 0 Å². The Morgan fingerprint density at radius 2 is 0.731 bits per heavy atom. The quantitative estimate of drug-likeness (QED) is 0.166. The molecule has 0 aliphatic heterocycles. The van der Waals surface area contributed by atoms with E-state index in [0.29, 0.717) is 17.5 Å². The van der Waals surface area contributed by atoms with Gasteiger partial charge in [0.05, 0.1) is 22.1 Å². The fraction of sp³-hybridized carbons (Fsp3) is 0. The van der Waals surface area contributed by atoms with Gasteiger partial charge < -0.3 is 0 Å². The Balaban J connectivity index is 1.33. The maximum Gasteiger partial charge on any atom is 0.164 e. The summed E-state index contributed by atoms with van der Waals surface area (Å²) < 4.78 is 0. The molecule has 0 aliphatic rings. The highest BCUT2D eigenvalue weighted by atomic mass is 15.0. The summed E-state index contributed by atoms with van der Waals surface area (Å²) in [7, 11) is 0. The molecule has 0 saturated heterocycles. The SMILES string of the molecule is c1cnc2c(-c3cc(-c4nc(-c5ccncc5)nc(-c5ccncc5)n4)cc(-c4c5cccnc5cc5cccnc45)c3)c3cccnc3cc2c1. The third-order valence-corrected chi connectivity index (χ3v) is 9.23. The highest BCUT2D eigenvalue weighted by Crippen LogP contribution is 2.42. The standard InChI is InChI=1S/C43H25N9/c1-5-28-24-35-33(7-3-13-46-35)37(39(28)48-15-1)30-21-31(38-34-8-4-14-47-36(34)25-29-6-2-16-49-40(29)38)23-32(22-30)43-51-41(26-9-17-44-18-10-26)50-42(52-43)27-11-19-45-20-12-27/h1-25H. The molecular formula is C43H25N9. The van der Waals surface area contributed by atoms with Crippen LogP contribution in [0.3, 0.4) is 0 Å². The Hall–Kier alpha value is -7.39. The molecule has 3 aromatic carbocycles. The van der Waals surface area contributed by atoms with Crippen molar-refractivity contribution in [3.05, 3.63) is 153 Å². The summed E-state index contributed by atoms with van der Waals surface area (Å²) >= 11 is 0. The molecular weight excluding hydrogens is 643 g/mol. The number of hydrogen-bond acceptors (Lipinski definition) is 9. The van der Waals surface area contributed by atoms with E-state index in [0.717, 1.165) is 82.6 Å². The number of rotatable bonds is 5. The summed E-state index contributed by atoms with van der Waals surface area (Å²) in [4.78, 5) is 42.9. The second kappa shape index (κ2) is 12.2. The van der Waals surface area contributed by atoms with Crippen LogP contribution in [0.1, 0.15) is 0 Å². The molecule has 7 aromatic heterocycles. The zero-order valence-electron chi connectivity index (χ0n) is 27.5. The Labute approximate surface area is 296 Å². The molecule has 10 rings (SSSR count). The highest BCUT2D eigenvalue weighted by Gasteiger charge is 2.20. The Bertz CT molecular complexity index is 2670. The molecule has 0 radical (unpaired) electrons. The molecule has 0 saturated carbocycles. The van der Waals surface area contributed by atoms with Gasteiger partial charge in [-0.05, 0) is 90.0 Å². The van der Waals surface area contributed by atoms with Gasteiger partial charge in [0.15, 0.2) is 17.5 Å². The number of nitrogens with zero attached hydrogens (tertiary/aromatic N) is 9. The predicted octanol–water partition coefficient (Wildman–Crippen LogP) is 9.19. The molecule has 7 heterocycles.